The molecule has 3 N–H and O–H groups in total. The number of furan rings is 1. The van der Waals surface area contributed by atoms with Crippen molar-refractivity contribution in [2.45, 2.75) is 57.4 Å². The highest BCUT2D eigenvalue weighted by atomic mass is 16.5. The number of nitrogens with one attached hydrogen (secondary N) is 1. The van der Waals surface area contributed by atoms with Crippen LogP contribution in [-0.2, 0) is 6.42 Å². The molecule has 27 heavy (non-hydrogen) atoms. The third kappa shape index (κ3) is 3.17. The Morgan fingerprint density at radius 3 is 2.78 bits per heavy atom. The summed E-state index contributed by atoms with van der Waals surface area (Å²) in [5.74, 6) is 0.824. The summed E-state index contributed by atoms with van der Waals surface area (Å²) in [7, 11) is 0. The van der Waals surface area contributed by atoms with Gasteiger partial charge in [0.05, 0.1) is 17.3 Å². The number of nitrogens with zero attached hydrogens (tertiary/aromatic N) is 1. The topological polar surface area (TPSA) is 78.1 Å². The maximum Gasteiger partial charge on any atom is 0.134 e. The summed E-state index contributed by atoms with van der Waals surface area (Å²) in [6.07, 6.45) is 3.54. The predicted octanol–water partition coefficient (Wildman–Crippen LogP) is 2.88. The first kappa shape index (κ1) is 18.5. The van der Waals surface area contributed by atoms with E-state index in [4.69, 9.17) is 9.15 Å². The molecule has 0 spiro atoms. The normalized spacial score (nSPS) is 24.7. The van der Waals surface area contributed by atoms with Gasteiger partial charge in [-0.25, -0.2) is 0 Å². The van der Waals surface area contributed by atoms with E-state index in [1.165, 1.54) is 5.06 Å². The van der Waals surface area contributed by atoms with Crippen LogP contribution in [0.5, 0.6) is 5.75 Å². The fourth-order valence-corrected chi connectivity index (χ4v) is 4.21. The summed E-state index contributed by atoms with van der Waals surface area (Å²) < 4.78 is 11.4. The van der Waals surface area contributed by atoms with Gasteiger partial charge in [0.2, 0.25) is 0 Å². The minimum absolute atomic E-state index is 0.268. The number of rotatable bonds is 5. The Hall–Kier alpha value is -1.86. The third-order valence-corrected chi connectivity index (χ3v) is 5.82. The quantitative estimate of drug-likeness (QED) is 0.701. The molecule has 0 saturated carbocycles. The fraction of sp³-hybridized carbons (Fsp3) is 0.524. The Bertz CT molecular complexity index is 843. The van der Waals surface area contributed by atoms with Gasteiger partial charge in [0, 0.05) is 30.5 Å². The van der Waals surface area contributed by atoms with Crippen molar-refractivity contribution in [2.24, 2.45) is 0 Å². The summed E-state index contributed by atoms with van der Waals surface area (Å²) in [5, 5.41) is 26.7. The molecule has 0 radical (unpaired) electrons. The number of benzene rings is 1. The van der Waals surface area contributed by atoms with Crippen molar-refractivity contribution < 1.29 is 19.5 Å². The van der Waals surface area contributed by atoms with E-state index in [0.717, 1.165) is 27.9 Å². The Balaban J connectivity index is 1.34. The van der Waals surface area contributed by atoms with Crippen molar-refractivity contribution in [1.82, 2.24) is 10.4 Å². The molecule has 2 aliphatic rings. The van der Waals surface area contributed by atoms with Gasteiger partial charge >= 0.3 is 0 Å². The highest BCUT2D eigenvalue weighted by Crippen LogP contribution is 2.38. The maximum atomic E-state index is 10.6. The van der Waals surface area contributed by atoms with Crippen molar-refractivity contribution in [3.05, 3.63) is 41.7 Å². The molecular formula is C21H28N2O4. The van der Waals surface area contributed by atoms with Crippen molar-refractivity contribution in [3.63, 3.8) is 0 Å². The molecule has 4 rings (SSSR count). The lowest BCUT2D eigenvalue weighted by Crippen LogP contribution is -2.49. The molecule has 0 aliphatic carbocycles. The van der Waals surface area contributed by atoms with Gasteiger partial charge in [0.25, 0.3) is 0 Å². The van der Waals surface area contributed by atoms with Gasteiger partial charge in [-0.1, -0.05) is 6.08 Å². The molecule has 2 unspecified atom stereocenters. The molecule has 6 nitrogen and oxygen atoms in total. The molecule has 0 bridgehead atoms. The fourth-order valence-electron chi connectivity index (χ4n) is 4.21. The predicted molar refractivity (Wildman–Crippen MR) is 103 cm³/mol. The molecule has 2 aromatic rings. The van der Waals surface area contributed by atoms with E-state index >= 15 is 0 Å². The molecule has 6 heteroatoms. The largest absolute Gasteiger partial charge is 0.487 e. The van der Waals surface area contributed by atoms with Crippen LogP contribution in [-0.4, -0.2) is 51.8 Å². The minimum Gasteiger partial charge on any atom is -0.487 e. The van der Waals surface area contributed by atoms with Crippen LogP contribution in [0.15, 0.2) is 40.5 Å². The Labute approximate surface area is 159 Å². The zero-order chi connectivity index (χ0) is 19.4. The first-order chi connectivity index (χ1) is 12.7. The number of aliphatic hydroxyl groups is 1. The lowest BCUT2D eigenvalue weighted by molar-refractivity contribution is -0.185. The van der Waals surface area contributed by atoms with Gasteiger partial charge in [-0.3, -0.25) is 0 Å². The van der Waals surface area contributed by atoms with Gasteiger partial charge in [-0.15, -0.1) is 0 Å². The molecule has 2 aliphatic heterocycles. The van der Waals surface area contributed by atoms with Crippen LogP contribution in [0.3, 0.4) is 0 Å². The highest BCUT2D eigenvalue weighted by Gasteiger charge is 2.44. The minimum atomic E-state index is -0.618. The number of hydrogen-bond donors (Lipinski definition) is 3. The number of hydroxylamine groups is 2. The van der Waals surface area contributed by atoms with Gasteiger partial charge in [-0.2, -0.15) is 5.06 Å². The van der Waals surface area contributed by atoms with Gasteiger partial charge in [-0.05, 0) is 51.5 Å². The second kappa shape index (κ2) is 6.34. The van der Waals surface area contributed by atoms with Crippen molar-refractivity contribution >= 4 is 11.0 Å². The molecule has 0 saturated heterocycles. The molecule has 0 amide bonds. The molecular weight excluding hydrogens is 344 g/mol. The summed E-state index contributed by atoms with van der Waals surface area (Å²) in [4.78, 5) is 0. The molecule has 1 aromatic heterocycles. The lowest BCUT2D eigenvalue weighted by atomic mass is 9.96. The van der Waals surface area contributed by atoms with Crippen LogP contribution in [0.2, 0.25) is 0 Å². The van der Waals surface area contributed by atoms with Gasteiger partial charge in [0.15, 0.2) is 0 Å². The van der Waals surface area contributed by atoms with Crippen molar-refractivity contribution in [2.75, 3.05) is 13.1 Å². The average Bonchev–Trinajstić information content (AvgIpc) is 3.26. The van der Waals surface area contributed by atoms with E-state index in [1.807, 2.05) is 45.9 Å². The molecule has 146 valence electrons. The smallest absolute Gasteiger partial charge is 0.134 e. The first-order valence-corrected chi connectivity index (χ1v) is 9.45. The van der Waals surface area contributed by atoms with Crippen LogP contribution in [0.25, 0.3) is 11.0 Å². The van der Waals surface area contributed by atoms with E-state index in [9.17, 15) is 10.3 Å². The van der Waals surface area contributed by atoms with Crippen LogP contribution < -0.4 is 10.1 Å². The summed E-state index contributed by atoms with van der Waals surface area (Å²) in [6, 6.07) is 5.87. The Morgan fingerprint density at radius 2 is 2.07 bits per heavy atom. The zero-order valence-corrected chi connectivity index (χ0v) is 16.3. The van der Waals surface area contributed by atoms with Crippen molar-refractivity contribution in [3.8, 4) is 5.75 Å². The van der Waals surface area contributed by atoms with Gasteiger partial charge in [0.1, 0.15) is 23.5 Å². The van der Waals surface area contributed by atoms with Crippen molar-refractivity contribution in [1.29, 1.82) is 0 Å². The van der Waals surface area contributed by atoms with E-state index < -0.39 is 17.2 Å². The number of aliphatic hydroxyl groups excluding tert-OH is 1. The lowest BCUT2D eigenvalue weighted by Gasteiger charge is -2.36. The van der Waals surface area contributed by atoms with E-state index in [2.05, 4.69) is 11.4 Å². The SMILES string of the molecule is CC1(C)C=C(CNCC(O)C2Cc3cc4occc4cc3O2)C(C)(C)N1O. The summed E-state index contributed by atoms with van der Waals surface area (Å²) >= 11 is 0. The number of hydrogen-bond acceptors (Lipinski definition) is 6. The first-order valence-electron chi connectivity index (χ1n) is 9.45. The maximum absolute atomic E-state index is 10.6. The second-order valence-corrected chi connectivity index (χ2v) is 8.67. The van der Waals surface area contributed by atoms with Crippen LogP contribution in [0.1, 0.15) is 33.3 Å². The monoisotopic (exact) mass is 372 g/mol. The Morgan fingerprint density at radius 1 is 1.30 bits per heavy atom. The molecule has 3 heterocycles. The highest BCUT2D eigenvalue weighted by molar-refractivity contribution is 5.80. The van der Waals surface area contributed by atoms with Crippen LogP contribution in [0.4, 0.5) is 0 Å². The molecule has 2 atom stereocenters. The standard InChI is InChI=1S/C21H28N2O4/c1-20(2)10-15(21(3,4)23(20)25)11-22-12-16(24)19-9-14-8-17-13(5-6-26-17)7-18(14)27-19/h5-8,10,16,19,22,24-25H,9,11-12H2,1-4H3. The van der Waals surface area contributed by atoms with E-state index in [1.54, 1.807) is 6.26 Å². The van der Waals surface area contributed by atoms with Crippen LogP contribution >= 0.6 is 0 Å². The van der Waals surface area contributed by atoms with E-state index in [-0.39, 0.29) is 6.10 Å². The summed E-state index contributed by atoms with van der Waals surface area (Å²) in [6.45, 7) is 8.99. The van der Waals surface area contributed by atoms with E-state index in [0.29, 0.717) is 19.5 Å². The number of ether oxygens (including phenoxy) is 1. The van der Waals surface area contributed by atoms with Gasteiger partial charge < -0.3 is 24.8 Å². The number of fused-ring (bicyclic) bond motifs is 2. The Kier molecular flexibility index (Phi) is 4.35. The average molecular weight is 372 g/mol. The molecule has 0 fully saturated rings. The van der Waals surface area contributed by atoms with Crippen LogP contribution in [0, 0.1) is 0 Å². The summed E-state index contributed by atoms with van der Waals surface area (Å²) in [5.41, 5.74) is 2.19. The zero-order valence-electron chi connectivity index (χ0n) is 16.3. The molecule has 1 aromatic carbocycles. The second-order valence-electron chi connectivity index (χ2n) is 8.67. The third-order valence-electron chi connectivity index (χ3n) is 5.82.